The second kappa shape index (κ2) is 7.78. The summed E-state index contributed by atoms with van der Waals surface area (Å²) in [6.07, 6.45) is 4.89. The van der Waals surface area contributed by atoms with Crippen molar-refractivity contribution in [2.45, 2.75) is 45.7 Å². The van der Waals surface area contributed by atoms with Gasteiger partial charge in [-0.1, -0.05) is 6.92 Å². The average Bonchev–Trinajstić information content (AvgIpc) is 2.71. The lowest BCUT2D eigenvalue weighted by molar-refractivity contribution is -0.118. The minimum absolute atomic E-state index is 0.229. The molecule has 3 N–H and O–H groups in total. The van der Waals surface area contributed by atoms with Crippen molar-refractivity contribution in [1.29, 1.82) is 0 Å². The van der Waals surface area contributed by atoms with Gasteiger partial charge < -0.3 is 11.1 Å². The Hall–Kier alpha value is -1.43. The molecule has 1 amide bonds. The molecule has 1 heterocycles. The van der Waals surface area contributed by atoms with Gasteiger partial charge in [0.1, 0.15) is 12.2 Å². The Balaban J connectivity index is 2.13. The highest BCUT2D eigenvalue weighted by Crippen LogP contribution is 1.97. The number of hydrogen-bond acceptors (Lipinski definition) is 4. The zero-order chi connectivity index (χ0) is 12.5. The Morgan fingerprint density at radius 2 is 2.35 bits per heavy atom. The van der Waals surface area contributed by atoms with Crippen LogP contribution in [-0.2, 0) is 17.9 Å². The number of unbranched alkanes of at least 4 members (excludes halogenated alkanes) is 1. The standard InChI is InChI=1S/C11H21N5O/c1-2-7-16-11(14-9-15-16)8-13-6-4-3-5-10(12)17/h9,13H,2-8H2,1H3,(H2,12,17). The van der Waals surface area contributed by atoms with E-state index in [0.717, 1.165) is 44.7 Å². The van der Waals surface area contributed by atoms with E-state index in [9.17, 15) is 4.79 Å². The van der Waals surface area contributed by atoms with Crippen LogP contribution < -0.4 is 11.1 Å². The Morgan fingerprint density at radius 3 is 3.06 bits per heavy atom. The Kier molecular flexibility index (Phi) is 6.24. The predicted octanol–water partition coefficient (Wildman–Crippen LogP) is 0.433. The highest BCUT2D eigenvalue weighted by molar-refractivity contribution is 5.73. The van der Waals surface area contributed by atoms with Gasteiger partial charge in [-0.25, -0.2) is 9.67 Å². The third kappa shape index (κ3) is 5.44. The molecule has 0 unspecified atom stereocenters. The zero-order valence-electron chi connectivity index (χ0n) is 10.4. The van der Waals surface area contributed by atoms with Gasteiger partial charge in [0.2, 0.25) is 5.91 Å². The maximum Gasteiger partial charge on any atom is 0.217 e. The normalized spacial score (nSPS) is 10.6. The molecular formula is C11H21N5O. The number of nitrogens with one attached hydrogen (secondary N) is 1. The van der Waals surface area contributed by atoms with E-state index in [4.69, 9.17) is 5.73 Å². The number of primary amides is 1. The fraction of sp³-hybridized carbons (Fsp3) is 0.727. The van der Waals surface area contributed by atoms with Gasteiger partial charge in [-0.15, -0.1) is 0 Å². The van der Waals surface area contributed by atoms with Crippen molar-refractivity contribution >= 4 is 5.91 Å². The Labute approximate surface area is 102 Å². The van der Waals surface area contributed by atoms with Crippen LogP contribution >= 0.6 is 0 Å². The molecule has 0 bridgehead atoms. The van der Waals surface area contributed by atoms with E-state index in [1.807, 2.05) is 4.68 Å². The minimum atomic E-state index is -0.229. The second-order valence-corrected chi connectivity index (χ2v) is 4.00. The molecule has 0 radical (unpaired) electrons. The summed E-state index contributed by atoms with van der Waals surface area (Å²) in [5.74, 6) is 0.731. The summed E-state index contributed by atoms with van der Waals surface area (Å²) in [6, 6.07) is 0. The highest BCUT2D eigenvalue weighted by Gasteiger charge is 2.02. The number of nitrogens with two attached hydrogens (primary N) is 1. The summed E-state index contributed by atoms with van der Waals surface area (Å²) < 4.78 is 1.91. The quantitative estimate of drug-likeness (QED) is 0.612. The number of nitrogens with zero attached hydrogens (tertiary/aromatic N) is 3. The Bertz CT molecular complexity index is 336. The number of rotatable bonds is 9. The first-order valence-electron chi connectivity index (χ1n) is 6.09. The van der Waals surface area contributed by atoms with E-state index in [2.05, 4.69) is 22.3 Å². The van der Waals surface area contributed by atoms with E-state index >= 15 is 0 Å². The maximum absolute atomic E-state index is 10.5. The molecule has 0 aliphatic heterocycles. The van der Waals surface area contributed by atoms with Gasteiger partial charge >= 0.3 is 0 Å². The van der Waals surface area contributed by atoms with E-state index in [1.54, 1.807) is 6.33 Å². The summed E-state index contributed by atoms with van der Waals surface area (Å²) >= 11 is 0. The van der Waals surface area contributed by atoms with Gasteiger partial charge in [0.25, 0.3) is 0 Å². The van der Waals surface area contributed by atoms with Crippen molar-refractivity contribution in [3.63, 3.8) is 0 Å². The van der Waals surface area contributed by atoms with E-state index in [1.165, 1.54) is 0 Å². The molecule has 17 heavy (non-hydrogen) atoms. The molecule has 0 saturated heterocycles. The number of aryl methyl sites for hydroxylation is 1. The second-order valence-electron chi connectivity index (χ2n) is 4.00. The van der Waals surface area contributed by atoms with Gasteiger partial charge in [-0.3, -0.25) is 4.79 Å². The van der Waals surface area contributed by atoms with Crippen LogP contribution in [-0.4, -0.2) is 27.2 Å². The minimum Gasteiger partial charge on any atom is -0.370 e. The smallest absolute Gasteiger partial charge is 0.217 e. The molecule has 0 aliphatic carbocycles. The zero-order valence-corrected chi connectivity index (χ0v) is 10.4. The SMILES string of the molecule is CCCn1ncnc1CNCCCCC(N)=O. The monoisotopic (exact) mass is 239 g/mol. The molecule has 0 aliphatic rings. The van der Waals surface area contributed by atoms with Gasteiger partial charge in [0.05, 0.1) is 6.54 Å². The predicted molar refractivity (Wildman–Crippen MR) is 65.1 cm³/mol. The number of amides is 1. The number of carbonyl (C=O) groups is 1. The fourth-order valence-corrected chi connectivity index (χ4v) is 1.57. The van der Waals surface area contributed by atoms with Crippen LogP contribution in [0.1, 0.15) is 38.4 Å². The van der Waals surface area contributed by atoms with Crippen molar-refractivity contribution in [1.82, 2.24) is 20.1 Å². The van der Waals surface area contributed by atoms with Crippen molar-refractivity contribution in [2.24, 2.45) is 5.73 Å². The molecular weight excluding hydrogens is 218 g/mol. The molecule has 1 aromatic rings. The number of hydrogen-bond donors (Lipinski definition) is 2. The van der Waals surface area contributed by atoms with Gasteiger partial charge in [0, 0.05) is 13.0 Å². The van der Waals surface area contributed by atoms with Gasteiger partial charge in [0.15, 0.2) is 0 Å². The molecule has 6 nitrogen and oxygen atoms in total. The van der Waals surface area contributed by atoms with Crippen LogP contribution in [0.15, 0.2) is 6.33 Å². The summed E-state index contributed by atoms with van der Waals surface area (Å²) in [7, 11) is 0. The van der Waals surface area contributed by atoms with Crippen LogP contribution in [0.2, 0.25) is 0 Å². The van der Waals surface area contributed by atoms with E-state index < -0.39 is 0 Å². The Morgan fingerprint density at radius 1 is 1.53 bits per heavy atom. The lowest BCUT2D eigenvalue weighted by atomic mass is 10.2. The van der Waals surface area contributed by atoms with Crippen molar-refractivity contribution < 1.29 is 4.79 Å². The van der Waals surface area contributed by atoms with Crippen LogP contribution in [0.5, 0.6) is 0 Å². The summed E-state index contributed by atoms with van der Waals surface area (Å²) in [4.78, 5) is 14.7. The molecule has 0 saturated carbocycles. The maximum atomic E-state index is 10.5. The highest BCUT2D eigenvalue weighted by atomic mass is 16.1. The summed E-state index contributed by atoms with van der Waals surface area (Å²) in [6.45, 7) is 4.60. The first-order valence-corrected chi connectivity index (χ1v) is 6.09. The molecule has 0 atom stereocenters. The fourth-order valence-electron chi connectivity index (χ4n) is 1.57. The van der Waals surface area contributed by atoms with Crippen molar-refractivity contribution in [2.75, 3.05) is 6.54 Å². The van der Waals surface area contributed by atoms with E-state index in [-0.39, 0.29) is 5.91 Å². The number of aromatic nitrogens is 3. The average molecular weight is 239 g/mol. The molecule has 1 aromatic heterocycles. The molecule has 0 spiro atoms. The third-order valence-electron chi connectivity index (χ3n) is 2.44. The van der Waals surface area contributed by atoms with Gasteiger partial charge in [-0.2, -0.15) is 5.10 Å². The lowest BCUT2D eigenvalue weighted by Crippen LogP contribution is -2.19. The van der Waals surface area contributed by atoms with Crippen LogP contribution in [0.25, 0.3) is 0 Å². The van der Waals surface area contributed by atoms with E-state index in [0.29, 0.717) is 6.42 Å². The van der Waals surface area contributed by atoms with Gasteiger partial charge in [-0.05, 0) is 25.8 Å². The largest absolute Gasteiger partial charge is 0.370 e. The topological polar surface area (TPSA) is 85.8 Å². The first-order chi connectivity index (χ1) is 8.24. The first kappa shape index (κ1) is 13.6. The molecule has 96 valence electrons. The van der Waals surface area contributed by atoms with Crippen LogP contribution in [0.4, 0.5) is 0 Å². The van der Waals surface area contributed by atoms with Crippen LogP contribution in [0.3, 0.4) is 0 Å². The summed E-state index contributed by atoms with van der Waals surface area (Å²) in [5, 5.41) is 7.43. The molecule has 6 heteroatoms. The number of carbonyl (C=O) groups excluding carboxylic acids is 1. The molecule has 1 rings (SSSR count). The summed E-state index contributed by atoms with van der Waals surface area (Å²) in [5.41, 5.74) is 5.06. The van der Waals surface area contributed by atoms with Crippen LogP contribution in [0, 0.1) is 0 Å². The van der Waals surface area contributed by atoms with Crippen molar-refractivity contribution in [3.8, 4) is 0 Å². The lowest BCUT2D eigenvalue weighted by Gasteiger charge is -2.05. The van der Waals surface area contributed by atoms with Crippen molar-refractivity contribution in [3.05, 3.63) is 12.2 Å². The molecule has 0 fully saturated rings. The molecule has 0 aromatic carbocycles. The third-order valence-corrected chi connectivity index (χ3v) is 2.44.